The van der Waals surface area contributed by atoms with Crippen molar-refractivity contribution in [2.75, 3.05) is 25.6 Å². The Morgan fingerprint density at radius 3 is 2.97 bits per heavy atom. The number of ether oxygens (including phenoxy) is 2. The normalized spacial score (nSPS) is 15.3. The molecule has 5 heterocycles. The van der Waals surface area contributed by atoms with Crippen LogP contribution in [0.15, 0.2) is 24.7 Å². The predicted octanol–water partition coefficient (Wildman–Crippen LogP) is 1.91. The number of hydrogen-bond acceptors (Lipinski definition) is 8. The summed E-state index contributed by atoms with van der Waals surface area (Å²) < 4.78 is 15.8. The van der Waals surface area contributed by atoms with Gasteiger partial charge in [0, 0.05) is 19.4 Å². The Balaban J connectivity index is 1.45. The average molecular weight is 506 g/mol. The first kappa shape index (κ1) is 18.5. The Bertz CT molecular complexity index is 1170. The molecule has 4 aromatic heterocycles. The maximum Gasteiger partial charge on any atom is 0.241 e. The van der Waals surface area contributed by atoms with E-state index in [1.165, 1.54) is 6.33 Å². The lowest BCUT2D eigenvalue weighted by Crippen LogP contribution is -2.22. The molecule has 150 valence electrons. The molecule has 0 atom stereocenters. The summed E-state index contributed by atoms with van der Waals surface area (Å²) >= 11 is 2.13. The third-order valence-corrected chi connectivity index (χ3v) is 5.76. The van der Waals surface area contributed by atoms with Gasteiger partial charge in [0.05, 0.1) is 12.0 Å². The minimum atomic E-state index is 0.345. The number of rotatable bonds is 5. The topological polar surface area (TPSA) is 118 Å². The summed E-state index contributed by atoms with van der Waals surface area (Å²) in [6.45, 7) is 2.55. The van der Waals surface area contributed by atoms with Gasteiger partial charge in [0.15, 0.2) is 11.5 Å². The van der Waals surface area contributed by atoms with Crippen LogP contribution in [0.5, 0.6) is 5.88 Å². The van der Waals surface area contributed by atoms with Crippen LogP contribution in [0.2, 0.25) is 0 Å². The summed E-state index contributed by atoms with van der Waals surface area (Å²) in [4.78, 5) is 13.0. The van der Waals surface area contributed by atoms with Crippen LogP contribution in [-0.4, -0.2) is 54.2 Å². The number of anilines is 1. The van der Waals surface area contributed by atoms with Crippen LogP contribution in [0.4, 0.5) is 5.82 Å². The van der Waals surface area contributed by atoms with Gasteiger partial charge in [-0.15, -0.1) is 0 Å². The molecular formula is C18H19IN8O2. The Labute approximate surface area is 179 Å². The molecule has 0 bridgehead atoms. The molecule has 1 aliphatic rings. The van der Waals surface area contributed by atoms with Crippen LogP contribution < -0.4 is 10.5 Å². The summed E-state index contributed by atoms with van der Waals surface area (Å²) in [6, 6.07) is 3.87. The molecule has 0 spiro atoms. The van der Waals surface area contributed by atoms with E-state index >= 15 is 0 Å². The Kier molecular flexibility index (Phi) is 4.91. The van der Waals surface area contributed by atoms with Crippen molar-refractivity contribution in [3.63, 3.8) is 0 Å². The molecular weight excluding hydrogens is 487 g/mol. The van der Waals surface area contributed by atoms with Crippen molar-refractivity contribution in [2.45, 2.75) is 19.4 Å². The predicted molar refractivity (Wildman–Crippen MR) is 114 cm³/mol. The highest BCUT2D eigenvalue weighted by atomic mass is 127. The van der Waals surface area contributed by atoms with Crippen molar-refractivity contribution < 1.29 is 9.47 Å². The largest absolute Gasteiger partial charge is 0.476 e. The number of halogens is 1. The van der Waals surface area contributed by atoms with Gasteiger partial charge >= 0.3 is 0 Å². The van der Waals surface area contributed by atoms with Gasteiger partial charge in [-0.1, -0.05) is 0 Å². The first-order valence-electron chi connectivity index (χ1n) is 9.36. The van der Waals surface area contributed by atoms with E-state index in [1.54, 1.807) is 9.20 Å². The monoisotopic (exact) mass is 506 g/mol. The summed E-state index contributed by atoms with van der Waals surface area (Å²) in [5.74, 6) is 2.04. The van der Waals surface area contributed by atoms with Gasteiger partial charge in [-0.3, -0.25) is 0 Å². The van der Waals surface area contributed by atoms with E-state index in [0.717, 1.165) is 40.7 Å². The number of aromatic nitrogens is 7. The highest BCUT2D eigenvalue weighted by Crippen LogP contribution is 2.24. The van der Waals surface area contributed by atoms with E-state index in [2.05, 4.69) is 47.7 Å². The van der Waals surface area contributed by atoms with Crippen molar-refractivity contribution in [3.05, 3.63) is 34.2 Å². The molecule has 0 saturated carbocycles. The molecule has 0 aromatic carbocycles. The quantitative estimate of drug-likeness (QED) is 0.408. The minimum Gasteiger partial charge on any atom is -0.476 e. The van der Waals surface area contributed by atoms with Crippen molar-refractivity contribution >= 4 is 45.0 Å². The number of nitrogens with zero attached hydrogens (tertiary/aromatic N) is 7. The Morgan fingerprint density at radius 2 is 2.10 bits per heavy atom. The van der Waals surface area contributed by atoms with Gasteiger partial charge in [0.2, 0.25) is 5.88 Å². The van der Waals surface area contributed by atoms with Gasteiger partial charge in [-0.25, -0.2) is 19.2 Å². The van der Waals surface area contributed by atoms with Gasteiger partial charge in [-0.2, -0.15) is 15.2 Å². The zero-order valence-electron chi connectivity index (χ0n) is 15.5. The summed E-state index contributed by atoms with van der Waals surface area (Å²) in [5.41, 5.74) is 7.48. The average Bonchev–Trinajstić information content (AvgIpc) is 3.32. The van der Waals surface area contributed by atoms with Crippen LogP contribution in [-0.2, 0) is 11.3 Å². The van der Waals surface area contributed by atoms with Crippen LogP contribution in [0.3, 0.4) is 0 Å². The summed E-state index contributed by atoms with van der Waals surface area (Å²) in [5, 5.41) is 9.87. The lowest BCUT2D eigenvalue weighted by atomic mass is 10.0. The van der Waals surface area contributed by atoms with Crippen molar-refractivity contribution in [1.82, 2.24) is 34.3 Å². The first-order valence-corrected chi connectivity index (χ1v) is 10.4. The molecule has 1 aliphatic heterocycles. The lowest BCUT2D eigenvalue weighted by molar-refractivity contribution is 0.0491. The van der Waals surface area contributed by atoms with Crippen molar-refractivity contribution in [3.8, 4) is 5.88 Å². The van der Waals surface area contributed by atoms with E-state index in [-0.39, 0.29) is 0 Å². The minimum absolute atomic E-state index is 0.345. The highest BCUT2D eigenvalue weighted by Gasteiger charge is 2.18. The third-order valence-electron chi connectivity index (χ3n) is 5.00. The molecule has 1 fully saturated rings. The number of hydrogen-bond donors (Lipinski definition) is 1. The van der Waals surface area contributed by atoms with Crippen LogP contribution in [0, 0.1) is 9.62 Å². The SMILES string of the molecule is Nc1ncnc2c1c(I)nn2Cc1nc(OCC2CCOCC2)c2cccn2n1. The fraction of sp³-hybridized carbons (Fsp3) is 0.389. The Morgan fingerprint density at radius 1 is 1.24 bits per heavy atom. The van der Waals surface area contributed by atoms with E-state index in [4.69, 9.17) is 15.2 Å². The maximum absolute atomic E-state index is 6.10. The molecule has 0 radical (unpaired) electrons. The van der Waals surface area contributed by atoms with Gasteiger partial charge in [0.1, 0.15) is 27.9 Å². The van der Waals surface area contributed by atoms with Crippen LogP contribution in [0.25, 0.3) is 16.6 Å². The summed E-state index contributed by atoms with van der Waals surface area (Å²) in [6.07, 6.45) is 5.33. The van der Waals surface area contributed by atoms with Crippen LogP contribution in [0.1, 0.15) is 18.7 Å². The molecule has 4 aromatic rings. The third kappa shape index (κ3) is 3.59. The fourth-order valence-electron chi connectivity index (χ4n) is 3.46. The smallest absolute Gasteiger partial charge is 0.241 e. The first-order chi connectivity index (χ1) is 14.2. The van der Waals surface area contributed by atoms with Crippen molar-refractivity contribution in [2.24, 2.45) is 5.92 Å². The van der Waals surface area contributed by atoms with E-state index in [9.17, 15) is 0 Å². The molecule has 11 heteroatoms. The molecule has 1 saturated heterocycles. The molecule has 0 aliphatic carbocycles. The van der Waals surface area contributed by atoms with Gasteiger partial charge in [0.25, 0.3) is 0 Å². The molecule has 5 rings (SSSR count). The lowest BCUT2D eigenvalue weighted by Gasteiger charge is -2.22. The van der Waals surface area contributed by atoms with Gasteiger partial charge < -0.3 is 15.2 Å². The number of nitrogen functional groups attached to an aromatic ring is 1. The number of fused-ring (bicyclic) bond motifs is 2. The zero-order valence-corrected chi connectivity index (χ0v) is 17.7. The second-order valence-electron chi connectivity index (χ2n) is 6.94. The number of nitrogens with two attached hydrogens (primary N) is 1. The molecule has 0 amide bonds. The van der Waals surface area contributed by atoms with Crippen LogP contribution >= 0.6 is 22.6 Å². The highest BCUT2D eigenvalue weighted by molar-refractivity contribution is 14.1. The van der Waals surface area contributed by atoms with Crippen molar-refractivity contribution in [1.29, 1.82) is 0 Å². The summed E-state index contributed by atoms with van der Waals surface area (Å²) in [7, 11) is 0. The van der Waals surface area contributed by atoms with E-state index < -0.39 is 0 Å². The fourth-order valence-corrected chi connectivity index (χ4v) is 4.24. The van der Waals surface area contributed by atoms with E-state index in [0.29, 0.717) is 42.2 Å². The molecule has 2 N–H and O–H groups in total. The molecule has 29 heavy (non-hydrogen) atoms. The standard InChI is InChI=1S/C18H19IN8O2/c19-15-14-16(20)21-10-22-17(14)27(25-15)8-13-23-18(12-2-1-5-26(12)24-13)29-9-11-3-6-28-7-4-11/h1-2,5,10-11H,3-4,6-9H2,(H2,20,21,22). The second-order valence-corrected chi connectivity index (χ2v) is 7.97. The van der Waals surface area contributed by atoms with E-state index in [1.807, 2.05) is 18.3 Å². The zero-order chi connectivity index (χ0) is 19.8. The maximum atomic E-state index is 6.10. The molecule has 10 nitrogen and oxygen atoms in total. The second kappa shape index (κ2) is 7.71. The Hall–Kier alpha value is -2.54. The molecule has 0 unspecified atom stereocenters. The van der Waals surface area contributed by atoms with Gasteiger partial charge in [-0.05, 0) is 53.5 Å².